The van der Waals surface area contributed by atoms with Crippen molar-refractivity contribution in [1.29, 1.82) is 0 Å². The van der Waals surface area contributed by atoms with Crippen molar-refractivity contribution in [2.75, 3.05) is 0 Å². The second-order valence-electron chi connectivity index (χ2n) is 3.42. The number of aliphatic hydroxyl groups is 1. The average molecular weight is 194 g/mol. The summed E-state index contributed by atoms with van der Waals surface area (Å²) in [4.78, 5) is 0. The quantitative estimate of drug-likeness (QED) is 0.510. The number of hydrogen-bond donors (Lipinski definition) is 3. The highest BCUT2D eigenvalue weighted by Crippen LogP contribution is 2.30. The number of phenols is 2. The van der Waals surface area contributed by atoms with Crippen LogP contribution in [-0.2, 0) is 0 Å². The number of benzene rings is 1. The molecule has 1 aromatic carbocycles. The monoisotopic (exact) mass is 194 g/mol. The maximum atomic E-state index is 9.66. The number of aromatic hydroxyl groups is 2. The van der Waals surface area contributed by atoms with E-state index in [0.717, 1.165) is 5.57 Å². The van der Waals surface area contributed by atoms with Crippen molar-refractivity contribution in [3.8, 4) is 11.5 Å². The van der Waals surface area contributed by atoms with Gasteiger partial charge in [-0.1, -0.05) is 5.57 Å². The zero-order chi connectivity index (χ0) is 10.7. The first-order valence-electron chi connectivity index (χ1n) is 4.35. The van der Waals surface area contributed by atoms with E-state index in [1.165, 1.54) is 18.2 Å². The van der Waals surface area contributed by atoms with Gasteiger partial charge in [-0.3, -0.25) is 0 Å². The van der Waals surface area contributed by atoms with Gasteiger partial charge in [0.05, 0.1) is 6.10 Å². The Kier molecular flexibility index (Phi) is 3.14. The van der Waals surface area contributed by atoms with E-state index in [4.69, 9.17) is 0 Å². The molecule has 1 aromatic rings. The Morgan fingerprint density at radius 1 is 1.43 bits per heavy atom. The van der Waals surface area contributed by atoms with Gasteiger partial charge in [-0.05, 0) is 31.5 Å². The number of hydrogen-bond acceptors (Lipinski definition) is 3. The van der Waals surface area contributed by atoms with E-state index >= 15 is 0 Å². The van der Waals surface area contributed by atoms with Gasteiger partial charge in [-0.25, -0.2) is 0 Å². The van der Waals surface area contributed by atoms with Gasteiger partial charge in [0.15, 0.2) is 0 Å². The van der Waals surface area contributed by atoms with Gasteiger partial charge in [0.2, 0.25) is 0 Å². The van der Waals surface area contributed by atoms with Gasteiger partial charge < -0.3 is 15.3 Å². The molecule has 3 N–H and O–H groups in total. The van der Waals surface area contributed by atoms with Crippen LogP contribution in [0.5, 0.6) is 11.5 Å². The highest BCUT2D eigenvalue weighted by atomic mass is 16.3. The largest absolute Gasteiger partial charge is 0.508 e. The molecule has 1 unspecified atom stereocenters. The summed E-state index contributed by atoms with van der Waals surface area (Å²) >= 11 is 0. The third kappa shape index (κ3) is 2.50. The van der Waals surface area contributed by atoms with Gasteiger partial charge in [-0.2, -0.15) is 0 Å². The van der Waals surface area contributed by atoms with Crippen molar-refractivity contribution in [3.63, 3.8) is 0 Å². The molecule has 0 aliphatic heterocycles. The summed E-state index contributed by atoms with van der Waals surface area (Å²) in [5.41, 5.74) is 1.15. The molecule has 0 aromatic heterocycles. The summed E-state index contributed by atoms with van der Waals surface area (Å²) in [5.74, 6) is 0.00937. The van der Waals surface area contributed by atoms with Crippen LogP contribution >= 0.6 is 0 Å². The fourth-order valence-corrected chi connectivity index (χ4v) is 1.25. The van der Waals surface area contributed by atoms with Crippen LogP contribution in [0.2, 0.25) is 0 Å². The lowest BCUT2D eigenvalue weighted by Crippen LogP contribution is -1.98. The van der Waals surface area contributed by atoms with Crippen LogP contribution in [0.1, 0.15) is 25.0 Å². The van der Waals surface area contributed by atoms with Crippen LogP contribution in [-0.4, -0.2) is 15.3 Å². The molecule has 0 aliphatic rings. The number of rotatable bonds is 3. The first kappa shape index (κ1) is 10.6. The van der Waals surface area contributed by atoms with E-state index in [0.29, 0.717) is 12.0 Å². The third-order valence-electron chi connectivity index (χ3n) is 1.91. The predicted molar refractivity (Wildman–Crippen MR) is 54.2 cm³/mol. The van der Waals surface area contributed by atoms with Crippen LogP contribution in [0.25, 0.3) is 0 Å². The zero-order valence-electron chi connectivity index (χ0n) is 8.07. The SMILES string of the molecule is C=C(C)CC(O)c1cc(O)ccc1O. The molecule has 0 heterocycles. The van der Waals surface area contributed by atoms with Crippen molar-refractivity contribution >= 4 is 0 Å². The molecule has 0 fully saturated rings. The minimum absolute atomic E-state index is 0.0171. The molecule has 0 saturated heterocycles. The molecular formula is C11H14O3. The number of aliphatic hydroxyl groups excluding tert-OH is 1. The fraction of sp³-hybridized carbons (Fsp3) is 0.273. The van der Waals surface area contributed by atoms with Crippen molar-refractivity contribution in [1.82, 2.24) is 0 Å². The molecule has 0 aliphatic carbocycles. The normalized spacial score (nSPS) is 12.4. The summed E-state index contributed by atoms with van der Waals surface area (Å²) in [6.45, 7) is 5.46. The highest BCUT2D eigenvalue weighted by molar-refractivity contribution is 5.40. The second kappa shape index (κ2) is 4.15. The summed E-state index contributed by atoms with van der Waals surface area (Å²) in [7, 11) is 0. The molecule has 0 spiro atoms. The van der Waals surface area contributed by atoms with Crippen molar-refractivity contribution in [2.45, 2.75) is 19.4 Å². The Hall–Kier alpha value is -1.48. The Morgan fingerprint density at radius 2 is 2.07 bits per heavy atom. The molecule has 1 rings (SSSR count). The minimum Gasteiger partial charge on any atom is -0.508 e. The Labute approximate surface area is 82.9 Å². The Bertz CT molecular complexity index is 344. The third-order valence-corrected chi connectivity index (χ3v) is 1.91. The van der Waals surface area contributed by atoms with E-state index in [9.17, 15) is 15.3 Å². The van der Waals surface area contributed by atoms with Gasteiger partial charge in [0.1, 0.15) is 11.5 Å². The van der Waals surface area contributed by atoms with Crippen molar-refractivity contribution in [2.24, 2.45) is 0 Å². The zero-order valence-corrected chi connectivity index (χ0v) is 8.07. The van der Waals surface area contributed by atoms with E-state index in [1.807, 2.05) is 0 Å². The lowest BCUT2D eigenvalue weighted by molar-refractivity contribution is 0.174. The molecular weight excluding hydrogens is 180 g/mol. The van der Waals surface area contributed by atoms with Crippen LogP contribution in [0.4, 0.5) is 0 Å². The molecule has 3 nitrogen and oxygen atoms in total. The van der Waals surface area contributed by atoms with Gasteiger partial charge in [-0.15, -0.1) is 6.58 Å². The smallest absolute Gasteiger partial charge is 0.121 e. The molecule has 1 atom stereocenters. The van der Waals surface area contributed by atoms with Gasteiger partial charge in [0, 0.05) is 5.56 Å². The lowest BCUT2D eigenvalue weighted by atomic mass is 10.0. The molecule has 3 heteroatoms. The molecule has 0 saturated carbocycles. The topological polar surface area (TPSA) is 60.7 Å². The summed E-state index contributed by atoms with van der Waals surface area (Å²) < 4.78 is 0. The fourth-order valence-electron chi connectivity index (χ4n) is 1.25. The Morgan fingerprint density at radius 3 is 2.64 bits per heavy atom. The van der Waals surface area contributed by atoms with Crippen LogP contribution in [0.3, 0.4) is 0 Å². The molecule has 0 radical (unpaired) electrons. The van der Waals surface area contributed by atoms with E-state index in [1.54, 1.807) is 6.92 Å². The standard InChI is InChI=1S/C11H14O3/c1-7(2)5-11(14)9-6-8(12)3-4-10(9)13/h3-4,6,11-14H,1,5H2,2H3. The first-order valence-corrected chi connectivity index (χ1v) is 4.35. The highest BCUT2D eigenvalue weighted by Gasteiger charge is 2.12. The molecule has 0 bridgehead atoms. The van der Waals surface area contributed by atoms with E-state index in [-0.39, 0.29) is 11.5 Å². The van der Waals surface area contributed by atoms with Crippen LogP contribution in [0.15, 0.2) is 30.4 Å². The summed E-state index contributed by atoms with van der Waals surface area (Å²) in [6.07, 6.45) is -0.448. The Balaban J connectivity index is 2.93. The van der Waals surface area contributed by atoms with Crippen molar-refractivity contribution < 1.29 is 15.3 Å². The number of phenolic OH excluding ortho intramolecular Hbond substituents is 2. The molecule has 14 heavy (non-hydrogen) atoms. The molecule has 0 amide bonds. The lowest BCUT2D eigenvalue weighted by Gasteiger charge is -2.12. The minimum atomic E-state index is -0.820. The van der Waals surface area contributed by atoms with Gasteiger partial charge in [0.25, 0.3) is 0 Å². The first-order chi connectivity index (χ1) is 6.50. The van der Waals surface area contributed by atoms with Crippen LogP contribution < -0.4 is 0 Å². The van der Waals surface area contributed by atoms with Gasteiger partial charge >= 0.3 is 0 Å². The molecule has 76 valence electrons. The van der Waals surface area contributed by atoms with E-state index in [2.05, 4.69) is 6.58 Å². The maximum Gasteiger partial charge on any atom is 0.121 e. The van der Waals surface area contributed by atoms with Crippen molar-refractivity contribution in [3.05, 3.63) is 35.9 Å². The maximum absolute atomic E-state index is 9.66. The summed E-state index contributed by atoms with van der Waals surface area (Å²) in [5, 5.41) is 28.3. The predicted octanol–water partition coefficient (Wildman–Crippen LogP) is 2.10. The van der Waals surface area contributed by atoms with E-state index < -0.39 is 6.10 Å². The summed E-state index contributed by atoms with van der Waals surface area (Å²) in [6, 6.07) is 4.07. The van der Waals surface area contributed by atoms with Crippen LogP contribution in [0, 0.1) is 0 Å². The average Bonchev–Trinajstić information content (AvgIpc) is 2.08. The second-order valence-corrected chi connectivity index (χ2v) is 3.42.